The van der Waals surface area contributed by atoms with Crippen molar-refractivity contribution in [2.45, 2.75) is 19.6 Å². The van der Waals surface area contributed by atoms with Crippen LogP contribution >= 0.6 is 0 Å². The molecule has 1 atom stereocenters. The van der Waals surface area contributed by atoms with Gasteiger partial charge < -0.3 is 14.8 Å². The molecule has 0 aliphatic rings. The fourth-order valence-electron chi connectivity index (χ4n) is 2.01. The predicted octanol–water partition coefficient (Wildman–Crippen LogP) is 2.65. The summed E-state index contributed by atoms with van der Waals surface area (Å²) >= 11 is 0. The molecule has 0 heterocycles. The first-order chi connectivity index (χ1) is 11.1. The van der Waals surface area contributed by atoms with Crippen LogP contribution < -0.4 is 14.8 Å². The fraction of sp³-hybridized carbons (Fsp3) is 0.222. The van der Waals surface area contributed by atoms with E-state index in [1.165, 1.54) is 0 Å². The molecule has 0 aliphatic carbocycles. The monoisotopic (exact) mass is 310 g/mol. The number of ether oxygens (including phenoxy) is 2. The standard InChI is InChI=1S/C18H18N2O3/c1-13(23-17-8-3-5-14(9-17)11-19)18(21)20-12-15-6-4-7-16(10-15)22-2/h3-10,13H,12H2,1-2H3,(H,20,21). The normalized spacial score (nSPS) is 11.2. The summed E-state index contributed by atoms with van der Waals surface area (Å²) in [6.45, 7) is 2.06. The van der Waals surface area contributed by atoms with Crippen LogP contribution in [0.5, 0.6) is 11.5 Å². The van der Waals surface area contributed by atoms with Gasteiger partial charge in [0, 0.05) is 6.54 Å². The van der Waals surface area contributed by atoms with Crippen LogP contribution in [-0.4, -0.2) is 19.1 Å². The number of amides is 1. The van der Waals surface area contributed by atoms with Crippen LogP contribution in [0.2, 0.25) is 0 Å². The molecule has 1 N–H and O–H groups in total. The SMILES string of the molecule is COc1cccc(CNC(=O)C(C)Oc2cccc(C#N)c2)c1. The summed E-state index contributed by atoms with van der Waals surface area (Å²) < 4.78 is 10.7. The van der Waals surface area contributed by atoms with Crippen molar-refractivity contribution in [3.63, 3.8) is 0 Å². The number of hydrogen-bond acceptors (Lipinski definition) is 4. The molecule has 0 aliphatic heterocycles. The third kappa shape index (κ3) is 4.75. The number of nitriles is 1. The van der Waals surface area contributed by atoms with Gasteiger partial charge in [-0.15, -0.1) is 0 Å². The van der Waals surface area contributed by atoms with Crippen molar-refractivity contribution in [1.82, 2.24) is 5.32 Å². The van der Waals surface area contributed by atoms with E-state index in [0.29, 0.717) is 17.9 Å². The van der Waals surface area contributed by atoms with E-state index in [0.717, 1.165) is 11.3 Å². The molecule has 5 heteroatoms. The van der Waals surface area contributed by atoms with Gasteiger partial charge in [-0.25, -0.2) is 0 Å². The lowest BCUT2D eigenvalue weighted by Crippen LogP contribution is -2.35. The average Bonchev–Trinajstić information content (AvgIpc) is 2.59. The molecule has 2 aromatic rings. The van der Waals surface area contributed by atoms with Crippen LogP contribution in [0.25, 0.3) is 0 Å². The number of nitrogens with one attached hydrogen (secondary N) is 1. The summed E-state index contributed by atoms with van der Waals surface area (Å²) in [5.41, 5.74) is 1.43. The van der Waals surface area contributed by atoms with Crippen molar-refractivity contribution in [2.75, 3.05) is 7.11 Å². The lowest BCUT2D eigenvalue weighted by atomic mass is 10.2. The third-order valence-corrected chi connectivity index (χ3v) is 3.25. The molecule has 23 heavy (non-hydrogen) atoms. The van der Waals surface area contributed by atoms with Gasteiger partial charge in [0.1, 0.15) is 11.5 Å². The number of carbonyl (C=O) groups excluding carboxylic acids is 1. The Morgan fingerprint density at radius 3 is 2.70 bits per heavy atom. The van der Waals surface area contributed by atoms with Gasteiger partial charge in [-0.05, 0) is 42.8 Å². The predicted molar refractivity (Wildman–Crippen MR) is 86.1 cm³/mol. The van der Waals surface area contributed by atoms with Crippen molar-refractivity contribution in [2.24, 2.45) is 0 Å². The Morgan fingerprint density at radius 2 is 1.96 bits per heavy atom. The van der Waals surface area contributed by atoms with Gasteiger partial charge in [0.25, 0.3) is 5.91 Å². The summed E-state index contributed by atoms with van der Waals surface area (Å²) in [6, 6.07) is 16.2. The molecule has 2 rings (SSSR count). The summed E-state index contributed by atoms with van der Waals surface area (Å²) in [4.78, 5) is 12.1. The van der Waals surface area contributed by atoms with Crippen molar-refractivity contribution < 1.29 is 14.3 Å². The van der Waals surface area contributed by atoms with Gasteiger partial charge in [0.05, 0.1) is 18.7 Å². The van der Waals surface area contributed by atoms with E-state index in [-0.39, 0.29) is 5.91 Å². The average molecular weight is 310 g/mol. The Balaban J connectivity index is 1.90. The molecule has 5 nitrogen and oxygen atoms in total. The highest BCUT2D eigenvalue weighted by Crippen LogP contribution is 2.15. The highest BCUT2D eigenvalue weighted by atomic mass is 16.5. The highest BCUT2D eigenvalue weighted by Gasteiger charge is 2.14. The van der Waals surface area contributed by atoms with Crippen LogP contribution in [0.3, 0.4) is 0 Å². The van der Waals surface area contributed by atoms with E-state index in [2.05, 4.69) is 5.32 Å². The van der Waals surface area contributed by atoms with Gasteiger partial charge in [-0.1, -0.05) is 18.2 Å². The number of nitrogens with zero attached hydrogens (tertiary/aromatic N) is 1. The maximum atomic E-state index is 12.1. The van der Waals surface area contributed by atoms with Crippen molar-refractivity contribution in [3.05, 3.63) is 59.7 Å². The molecule has 0 aromatic heterocycles. The molecule has 0 spiro atoms. The zero-order valence-electron chi connectivity index (χ0n) is 13.1. The minimum atomic E-state index is -0.658. The van der Waals surface area contributed by atoms with Crippen LogP contribution in [0.1, 0.15) is 18.1 Å². The molecule has 0 bridgehead atoms. The first kappa shape index (κ1) is 16.4. The van der Waals surface area contributed by atoms with Crippen molar-refractivity contribution in [3.8, 4) is 17.6 Å². The number of benzene rings is 2. The van der Waals surface area contributed by atoms with Crippen LogP contribution in [0, 0.1) is 11.3 Å². The van der Waals surface area contributed by atoms with Gasteiger partial charge in [0.2, 0.25) is 0 Å². The Hall–Kier alpha value is -3.00. The Labute approximate surface area is 135 Å². The Morgan fingerprint density at radius 1 is 1.22 bits per heavy atom. The second-order valence-electron chi connectivity index (χ2n) is 4.97. The summed E-state index contributed by atoms with van der Waals surface area (Å²) in [5.74, 6) is 1.01. The molecule has 1 unspecified atom stereocenters. The van der Waals surface area contributed by atoms with E-state index in [1.807, 2.05) is 30.3 Å². The minimum absolute atomic E-state index is 0.227. The van der Waals surface area contributed by atoms with Gasteiger partial charge in [0.15, 0.2) is 6.10 Å². The highest BCUT2D eigenvalue weighted by molar-refractivity contribution is 5.80. The second-order valence-corrected chi connectivity index (χ2v) is 4.97. The molecule has 0 saturated carbocycles. The summed E-state index contributed by atoms with van der Waals surface area (Å²) in [6.07, 6.45) is -0.658. The van der Waals surface area contributed by atoms with Crippen LogP contribution in [-0.2, 0) is 11.3 Å². The lowest BCUT2D eigenvalue weighted by molar-refractivity contribution is -0.127. The molecule has 118 valence electrons. The zero-order chi connectivity index (χ0) is 16.7. The summed E-state index contributed by atoms with van der Waals surface area (Å²) in [5, 5.41) is 11.7. The van der Waals surface area contributed by atoms with E-state index in [1.54, 1.807) is 38.3 Å². The van der Waals surface area contributed by atoms with E-state index in [9.17, 15) is 4.79 Å². The molecule has 0 radical (unpaired) electrons. The molecule has 1 amide bonds. The van der Waals surface area contributed by atoms with Crippen LogP contribution in [0.15, 0.2) is 48.5 Å². The molecule has 0 fully saturated rings. The maximum absolute atomic E-state index is 12.1. The second kappa shape index (κ2) is 7.85. The Bertz CT molecular complexity index is 722. The quantitative estimate of drug-likeness (QED) is 0.890. The van der Waals surface area contributed by atoms with Crippen molar-refractivity contribution in [1.29, 1.82) is 5.26 Å². The van der Waals surface area contributed by atoms with Gasteiger partial charge in [-0.3, -0.25) is 4.79 Å². The van der Waals surface area contributed by atoms with Crippen molar-refractivity contribution >= 4 is 5.91 Å². The van der Waals surface area contributed by atoms with E-state index in [4.69, 9.17) is 14.7 Å². The number of rotatable bonds is 6. The molecule has 0 saturated heterocycles. The first-order valence-electron chi connectivity index (χ1n) is 7.20. The first-order valence-corrected chi connectivity index (χ1v) is 7.20. The minimum Gasteiger partial charge on any atom is -0.497 e. The van der Waals surface area contributed by atoms with Crippen LogP contribution in [0.4, 0.5) is 0 Å². The van der Waals surface area contributed by atoms with E-state index < -0.39 is 6.10 Å². The fourth-order valence-corrected chi connectivity index (χ4v) is 2.01. The molecular weight excluding hydrogens is 292 g/mol. The number of hydrogen-bond donors (Lipinski definition) is 1. The maximum Gasteiger partial charge on any atom is 0.261 e. The lowest BCUT2D eigenvalue weighted by Gasteiger charge is -2.15. The van der Waals surface area contributed by atoms with Gasteiger partial charge >= 0.3 is 0 Å². The van der Waals surface area contributed by atoms with Gasteiger partial charge in [-0.2, -0.15) is 5.26 Å². The number of methoxy groups -OCH3 is 1. The number of carbonyl (C=O) groups is 1. The Kier molecular flexibility index (Phi) is 5.59. The summed E-state index contributed by atoms with van der Waals surface area (Å²) in [7, 11) is 1.60. The van der Waals surface area contributed by atoms with E-state index >= 15 is 0 Å². The molecule has 2 aromatic carbocycles. The largest absolute Gasteiger partial charge is 0.497 e. The topological polar surface area (TPSA) is 71.3 Å². The molecular formula is C18H18N2O3. The third-order valence-electron chi connectivity index (χ3n) is 3.25. The zero-order valence-corrected chi connectivity index (χ0v) is 13.1. The smallest absolute Gasteiger partial charge is 0.261 e.